The first-order chi connectivity index (χ1) is 9.92. The molecule has 0 radical (unpaired) electrons. The average molecular weight is 494 g/mol. The standard InChI is InChI=1S/C13H18BrF2N3O2.HI/c1-8(7-20-2)19-13(17)18-6-9-5-10(14)3-4-11(9)21-12(15)16;/h3-5,8,12H,6-7H2,1-2H3,(H3,17,18,19);1H. The molecule has 22 heavy (non-hydrogen) atoms. The summed E-state index contributed by atoms with van der Waals surface area (Å²) in [6.07, 6.45) is 0. The second-order valence-corrected chi connectivity index (χ2v) is 5.25. The lowest BCUT2D eigenvalue weighted by molar-refractivity contribution is -0.0504. The van der Waals surface area contributed by atoms with E-state index in [-0.39, 0.29) is 48.3 Å². The minimum Gasteiger partial charge on any atom is -0.434 e. The van der Waals surface area contributed by atoms with Crippen LogP contribution in [0.2, 0.25) is 0 Å². The summed E-state index contributed by atoms with van der Waals surface area (Å²) in [5, 5.41) is 2.93. The normalized spacial score (nSPS) is 12.7. The van der Waals surface area contributed by atoms with E-state index in [1.165, 1.54) is 6.07 Å². The van der Waals surface area contributed by atoms with E-state index in [4.69, 9.17) is 10.5 Å². The van der Waals surface area contributed by atoms with Gasteiger partial charge in [-0.15, -0.1) is 24.0 Å². The smallest absolute Gasteiger partial charge is 0.387 e. The molecule has 0 amide bonds. The molecule has 0 spiro atoms. The summed E-state index contributed by atoms with van der Waals surface area (Å²) in [6, 6.07) is 4.73. The Kier molecular flexibility index (Phi) is 10.6. The summed E-state index contributed by atoms with van der Waals surface area (Å²) in [5.74, 6) is 0.289. The van der Waals surface area contributed by atoms with Crippen LogP contribution >= 0.6 is 39.9 Å². The predicted octanol–water partition coefficient (Wildman–Crippen LogP) is 3.11. The van der Waals surface area contributed by atoms with Crippen LogP contribution in [-0.4, -0.2) is 32.3 Å². The predicted molar refractivity (Wildman–Crippen MR) is 96.0 cm³/mol. The number of ether oxygens (including phenoxy) is 2. The Morgan fingerprint density at radius 3 is 2.73 bits per heavy atom. The fourth-order valence-electron chi connectivity index (χ4n) is 1.64. The molecule has 3 N–H and O–H groups in total. The van der Waals surface area contributed by atoms with Gasteiger partial charge in [0.2, 0.25) is 0 Å². The van der Waals surface area contributed by atoms with E-state index in [0.717, 1.165) is 4.47 Å². The van der Waals surface area contributed by atoms with Crippen molar-refractivity contribution in [1.82, 2.24) is 5.32 Å². The van der Waals surface area contributed by atoms with Gasteiger partial charge >= 0.3 is 6.61 Å². The summed E-state index contributed by atoms with van der Waals surface area (Å²) >= 11 is 3.28. The molecule has 0 saturated carbocycles. The molecule has 0 fully saturated rings. The van der Waals surface area contributed by atoms with Gasteiger partial charge in [-0.25, -0.2) is 4.99 Å². The third-order valence-electron chi connectivity index (χ3n) is 2.47. The highest BCUT2D eigenvalue weighted by Crippen LogP contribution is 2.25. The number of nitrogens with two attached hydrogens (primary N) is 1. The highest BCUT2D eigenvalue weighted by Gasteiger charge is 2.10. The first-order valence-corrected chi connectivity index (χ1v) is 7.00. The van der Waals surface area contributed by atoms with E-state index in [1.54, 1.807) is 19.2 Å². The lowest BCUT2D eigenvalue weighted by Crippen LogP contribution is -2.40. The van der Waals surface area contributed by atoms with Gasteiger partial charge in [-0.1, -0.05) is 15.9 Å². The molecule has 1 atom stereocenters. The van der Waals surface area contributed by atoms with Crippen LogP contribution in [-0.2, 0) is 11.3 Å². The highest BCUT2D eigenvalue weighted by atomic mass is 127. The Hall–Kier alpha value is -0.680. The van der Waals surface area contributed by atoms with Crippen molar-refractivity contribution in [3.05, 3.63) is 28.2 Å². The molecule has 0 heterocycles. The van der Waals surface area contributed by atoms with E-state index in [1.807, 2.05) is 6.92 Å². The lowest BCUT2D eigenvalue weighted by Gasteiger charge is -2.14. The molecule has 0 saturated heterocycles. The molecule has 5 nitrogen and oxygen atoms in total. The molecule has 126 valence electrons. The molecule has 0 bridgehead atoms. The summed E-state index contributed by atoms with van der Waals surface area (Å²) < 4.78 is 34.8. The summed E-state index contributed by atoms with van der Waals surface area (Å²) in [6.45, 7) is -0.394. The number of aliphatic imine (C=N–C) groups is 1. The topological polar surface area (TPSA) is 68.9 Å². The SMILES string of the molecule is COCC(C)NC(N)=NCc1cc(Br)ccc1OC(F)F.I. The van der Waals surface area contributed by atoms with Gasteiger partial charge in [0.05, 0.1) is 13.2 Å². The monoisotopic (exact) mass is 493 g/mol. The van der Waals surface area contributed by atoms with E-state index in [0.29, 0.717) is 12.2 Å². The zero-order chi connectivity index (χ0) is 15.8. The fraction of sp³-hybridized carbons (Fsp3) is 0.462. The number of rotatable bonds is 7. The minimum atomic E-state index is -2.88. The number of nitrogens with zero attached hydrogens (tertiary/aromatic N) is 1. The van der Waals surface area contributed by atoms with Crippen LogP contribution in [0, 0.1) is 0 Å². The molecule has 0 aromatic heterocycles. The molecule has 1 aromatic carbocycles. The van der Waals surface area contributed by atoms with Crippen LogP contribution in [0.25, 0.3) is 0 Å². The Bertz CT molecular complexity index is 492. The van der Waals surface area contributed by atoms with Gasteiger partial charge < -0.3 is 20.5 Å². The van der Waals surface area contributed by atoms with E-state index in [2.05, 4.69) is 31.0 Å². The van der Waals surface area contributed by atoms with E-state index < -0.39 is 6.61 Å². The fourth-order valence-corrected chi connectivity index (χ4v) is 2.05. The number of halogens is 4. The molecular weight excluding hydrogens is 475 g/mol. The van der Waals surface area contributed by atoms with Crippen molar-refractivity contribution >= 4 is 45.9 Å². The molecule has 9 heteroatoms. The number of guanidine groups is 1. The average Bonchev–Trinajstić information content (AvgIpc) is 2.38. The van der Waals surface area contributed by atoms with Gasteiger partial charge in [0.1, 0.15) is 5.75 Å². The number of hydrogen-bond acceptors (Lipinski definition) is 3. The first kappa shape index (κ1) is 21.3. The lowest BCUT2D eigenvalue weighted by atomic mass is 10.2. The van der Waals surface area contributed by atoms with Crippen molar-refractivity contribution in [2.75, 3.05) is 13.7 Å². The Morgan fingerprint density at radius 1 is 1.45 bits per heavy atom. The van der Waals surface area contributed by atoms with Crippen molar-refractivity contribution in [2.24, 2.45) is 10.7 Å². The summed E-state index contributed by atoms with van der Waals surface area (Å²) in [4.78, 5) is 4.11. The number of hydrogen-bond donors (Lipinski definition) is 2. The number of nitrogens with one attached hydrogen (secondary N) is 1. The van der Waals surface area contributed by atoms with E-state index >= 15 is 0 Å². The Morgan fingerprint density at radius 2 is 2.14 bits per heavy atom. The van der Waals surface area contributed by atoms with Crippen LogP contribution in [0.5, 0.6) is 5.75 Å². The zero-order valence-corrected chi connectivity index (χ0v) is 16.1. The minimum absolute atomic E-state index is 0. The molecular formula is C13H19BrF2IN3O2. The largest absolute Gasteiger partial charge is 0.434 e. The maximum Gasteiger partial charge on any atom is 0.387 e. The molecule has 1 aromatic rings. The second-order valence-electron chi connectivity index (χ2n) is 4.33. The van der Waals surface area contributed by atoms with Gasteiger partial charge in [-0.2, -0.15) is 8.78 Å². The van der Waals surface area contributed by atoms with Crippen molar-refractivity contribution in [2.45, 2.75) is 26.1 Å². The van der Waals surface area contributed by atoms with Crippen molar-refractivity contribution < 1.29 is 18.3 Å². The molecule has 1 unspecified atom stereocenters. The quantitative estimate of drug-likeness (QED) is 0.348. The highest BCUT2D eigenvalue weighted by molar-refractivity contribution is 14.0. The van der Waals surface area contributed by atoms with Crippen molar-refractivity contribution in [1.29, 1.82) is 0 Å². The van der Waals surface area contributed by atoms with Gasteiger partial charge in [0.15, 0.2) is 5.96 Å². The first-order valence-electron chi connectivity index (χ1n) is 6.21. The number of benzene rings is 1. The molecule has 0 aliphatic carbocycles. The third-order valence-corrected chi connectivity index (χ3v) is 2.96. The van der Waals surface area contributed by atoms with Crippen molar-refractivity contribution in [3.63, 3.8) is 0 Å². The Labute approximate surface area is 153 Å². The van der Waals surface area contributed by atoms with Gasteiger partial charge in [0.25, 0.3) is 0 Å². The van der Waals surface area contributed by atoms with Crippen LogP contribution in [0.4, 0.5) is 8.78 Å². The number of alkyl halides is 2. The van der Waals surface area contributed by atoms with Crippen LogP contribution < -0.4 is 15.8 Å². The third kappa shape index (κ3) is 8.08. The summed E-state index contributed by atoms with van der Waals surface area (Å²) in [7, 11) is 1.58. The molecule has 0 aliphatic rings. The van der Waals surface area contributed by atoms with Crippen LogP contribution in [0.15, 0.2) is 27.7 Å². The van der Waals surface area contributed by atoms with Crippen molar-refractivity contribution in [3.8, 4) is 5.75 Å². The molecule has 1 rings (SSSR count). The summed E-state index contributed by atoms with van der Waals surface area (Å²) in [5.41, 5.74) is 6.23. The maximum atomic E-state index is 12.3. The molecule has 0 aliphatic heterocycles. The van der Waals surface area contributed by atoms with Gasteiger partial charge in [-0.05, 0) is 25.1 Å². The van der Waals surface area contributed by atoms with Gasteiger partial charge in [0, 0.05) is 23.2 Å². The second kappa shape index (κ2) is 10.9. The number of methoxy groups -OCH3 is 1. The van der Waals surface area contributed by atoms with E-state index in [9.17, 15) is 8.78 Å². The van der Waals surface area contributed by atoms with Gasteiger partial charge in [-0.3, -0.25) is 0 Å². The van der Waals surface area contributed by atoms with Crippen LogP contribution in [0.1, 0.15) is 12.5 Å². The van der Waals surface area contributed by atoms with Crippen LogP contribution in [0.3, 0.4) is 0 Å². The maximum absolute atomic E-state index is 12.3. The Balaban J connectivity index is 0.00000441. The zero-order valence-electron chi connectivity index (χ0n) is 12.2.